The van der Waals surface area contributed by atoms with Gasteiger partial charge < -0.3 is 5.73 Å². The van der Waals surface area contributed by atoms with E-state index in [-0.39, 0.29) is 0 Å². The number of thiophene rings is 1. The van der Waals surface area contributed by atoms with Crippen molar-refractivity contribution in [2.75, 3.05) is 5.73 Å². The Hall–Kier alpha value is -1.28. The monoisotopic (exact) mass is 189 g/mol. The maximum Gasteiger partial charge on any atom is 0.0320 e. The molecule has 0 aliphatic carbocycles. The van der Waals surface area contributed by atoms with Gasteiger partial charge >= 0.3 is 0 Å². The van der Waals surface area contributed by atoms with Crippen molar-refractivity contribution >= 4 is 17.0 Å². The van der Waals surface area contributed by atoms with Gasteiger partial charge in [0.2, 0.25) is 0 Å². The van der Waals surface area contributed by atoms with Gasteiger partial charge in [-0.1, -0.05) is 12.1 Å². The summed E-state index contributed by atoms with van der Waals surface area (Å²) in [4.78, 5) is 1.33. The first-order chi connectivity index (χ1) is 6.25. The van der Waals surface area contributed by atoms with Crippen LogP contribution in [0.5, 0.6) is 0 Å². The molecular weight excluding hydrogens is 178 g/mol. The Morgan fingerprint density at radius 1 is 1.15 bits per heavy atom. The van der Waals surface area contributed by atoms with Gasteiger partial charge in [-0.05, 0) is 41.6 Å². The molecule has 2 aromatic rings. The summed E-state index contributed by atoms with van der Waals surface area (Å²) < 4.78 is 0. The summed E-state index contributed by atoms with van der Waals surface area (Å²) in [6.45, 7) is 2.11. The van der Waals surface area contributed by atoms with Crippen LogP contribution in [0.4, 0.5) is 5.69 Å². The third-order valence-corrected chi connectivity index (χ3v) is 2.81. The summed E-state index contributed by atoms with van der Waals surface area (Å²) in [6.07, 6.45) is 0. The maximum atomic E-state index is 5.71. The third-order valence-electron chi connectivity index (χ3n) is 1.95. The number of nitrogens with two attached hydrogens (primary N) is 1. The number of anilines is 1. The van der Waals surface area contributed by atoms with E-state index in [2.05, 4.69) is 24.4 Å². The van der Waals surface area contributed by atoms with Gasteiger partial charge in [-0.15, -0.1) is 11.3 Å². The quantitative estimate of drug-likeness (QED) is 0.684. The second-order valence-corrected chi connectivity index (χ2v) is 4.19. The van der Waals surface area contributed by atoms with Crippen molar-refractivity contribution in [3.8, 4) is 11.1 Å². The Morgan fingerprint density at radius 3 is 2.62 bits per heavy atom. The lowest BCUT2D eigenvalue weighted by Crippen LogP contribution is -1.83. The molecule has 0 atom stereocenters. The summed E-state index contributed by atoms with van der Waals surface area (Å²) in [5, 5.41) is 2.16. The molecule has 0 radical (unpaired) electrons. The van der Waals surface area contributed by atoms with Crippen LogP contribution in [0.1, 0.15) is 4.88 Å². The van der Waals surface area contributed by atoms with Crippen LogP contribution in [0.15, 0.2) is 35.7 Å². The Balaban J connectivity index is 2.46. The molecule has 0 aliphatic heterocycles. The molecule has 66 valence electrons. The Labute approximate surface area is 81.8 Å². The van der Waals surface area contributed by atoms with Gasteiger partial charge in [-0.3, -0.25) is 0 Å². The van der Waals surface area contributed by atoms with Crippen LogP contribution in [0, 0.1) is 6.92 Å². The minimum absolute atomic E-state index is 0.821. The van der Waals surface area contributed by atoms with Crippen LogP contribution < -0.4 is 5.73 Å². The van der Waals surface area contributed by atoms with Crippen LogP contribution in [-0.2, 0) is 0 Å². The van der Waals surface area contributed by atoms with E-state index in [9.17, 15) is 0 Å². The van der Waals surface area contributed by atoms with Gasteiger partial charge in [-0.25, -0.2) is 0 Å². The van der Waals surface area contributed by atoms with Gasteiger partial charge in [0, 0.05) is 10.6 Å². The standard InChI is InChI=1S/C11H11NS/c1-8-5-10(7-13-8)9-3-2-4-11(12)6-9/h2-7H,12H2,1H3. The van der Waals surface area contributed by atoms with E-state index in [4.69, 9.17) is 5.73 Å². The molecule has 1 nitrogen and oxygen atoms in total. The fourth-order valence-electron chi connectivity index (χ4n) is 1.31. The topological polar surface area (TPSA) is 26.0 Å². The summed E-state index contributed by atoms with van der Waals surface area (Å²) in [6, 6.07) is 10.2. The van der Waals surface area contributed by atoms with Gasteiger partial charge in [0.25, 0.3) is 0 Å². The van der Waals surface area contributed by atoms with Crippen molar-refractivity contribution in [2.45, 2.75) is 6.92 Å². The van der Waals surface area contributed by atoms with Crippen LogP contribution in [0.25, 0.3) is 11.1 Å². The molecule has 0 unspecified atom stereocenters. The van der Waals surface area contributed by atoms with Gasteiger partial charge in [-0.2, -0.15) is 0 Å². The van der Waals surface area contributed by atoms with Crippen molar-refractivity contribution in [3.63, 3.8) is 0 Å². The van der Waals surface area contributed by atoms with E-state index < -0.39 is 0 Å². The fraction of sp³-hybridized carbons (Fsp3) is 0.0909. The number of aryl methyl sites for hydroxylation is 1. The normalized spacial score (nSPS) is 10.2. The Kier molecular flexibility index (Phi) is 2.07. The molecule has 2 N–H and O–H groups in total. The lowest BCUT2D eigenvalue weighted by molar-refractivity contribution is 1.61. The maximum absolute atomic E-state index is 5.71. The molecule has 0 amide bonds. The SMILES string of the molecule is Cc1cc(-c2cccc(N)c2)cs1. The molecule has 2 rings (SSSR count). The van der Waals surface area contributed by atoms with E-state index in [1.54, 1.807) is 11.3 Å². The number of nitrogen functional groups attached to an aromatic ring is 1. The predicted octanol–water partition coefficient (Wildman–Crippen LogP) is 3.31. The molecule has 0 saturated carbocycles. The van der Waals surface area contributed by atoms with Crippen LogP contribution in [0.2, 0.25) is 0 Å². The van der Waals surface area contributed by atoms with E-state index in [0.29, 0.717) is 0 Å². The molecule has 1 aromatic heterocycles. The number of hydrogen-bond acceptors (Lipinski definition) is 2. The highest BCUT2D eigenvalue weighted by molar-refractivity contribution is 7.10. The van der Waals surface area contributed by atoms with Gasteiger partial charge in [0.05, 0.1) is 0 Å². The molecule has 0 aliphatic rings. The largest absolute Gasteiger partial charge is 0.399 e. The van der Waals surface area contributed by atoms with Gasteiger partial charge in [0.1, 0.15) is 0 Å². The second kappa shape index (κ2) is 3.23. The minimum atomic E-state index is 0.821. The van der Waals surface area contributed by atoms with E-state index in [0.717, 1.165) is 5.69 Å². The predicted molar refractivity (Wildman–Crippen MR) is 58.9 cm³/mol. The lowest BCUT2D eigenvalue weighted by atomic mass is 10.1. The summed E-state index contributed by atoms with van der Waals surface area (Å²) >= 11 is 1.76. The summed E-state index contributed by atoms with van der Waals surface area (Å²) in [5.41, 5.74) is 8.98. The highest BCUT2D eigenvalue weighted by atomic mass is 32.1. The first kappa shape index (κ1) is 8.32. The molecule has 0 saturated heterocycles. The Bertz CT molecular complexity index is 418. The van der Waals surface area contributed by atoms with Crippen LogP contribution >= 0.6 is 11.3 Å². The fourth-order valence-corrected chi connectivity index (χ4v) is 2.03. The molecule has 0 fully saturated rings. The van der Waals surface area contributed by atoms with Gasteiger partial charge in [0.15, 0.2) is 0 Å². The minimum Gasteiger partial charge on any atom is -0.399 e. The second-order valence-electron chi connectivity index (χ2n) is 3.07. The molecule has 0 bridgehead atoms. The molecule has 1 aromatic carbocycles. The van der Waals surface area contributed by atoms with Crippen molar-refractivity contribution < 1.29 is 0 Å². The number of rotatable bonds is 1. The highest BCUT2D eigenvalue weighted by Gasteiger charge is 1.99. The number of benzene rings is 1. The van der Waals surface area contributed by atoms with Crippen LogP contribution in [-0.4, -0.2) is 0 Å². The first-order valence-electron chi connectivity index (χ1n) is 4.17. The zero-order chi connectivity index (χ0) is 9.26. The van der Waals surface area contributed by atoms with E-state index >= 15 is 0 Å². The third kappa shape index (κ3) is 1.73. The average Bonchev–Trinajstić information content (AvgIpc) is 2.52. The molecule has 1 heterocycles. The Morgan fingerprint density at radius 2 is 2.00 bits per heavy atom. The van der Waals surface area contributed by atoms with E-state index in [1.807, 2.05) is 18.2 Å². The van der Waals surface area contributed by atoms with E-state index in [1.165, 1.54) is 16.0 Å². The molecular formula is C11H11NS. The average molecular weight is 189 g/mol. The van der Waals surface area contributed by atoms with Crippen molar-refractivity contribution in [3.05, 3.63) is 40.6 Å². The zero-order valence-corrected chi connectivity index (χ0v) is 8.27. The van der Waals surface area contributed by atoms with Crippen molar-refractivity contribution in [1.29, 1.82) is 0 Å². The molecule has 2 heteroatoms. The molecule has 13 heavy (non-hydrogen) atoms. The molecule has 0 spiro atoms. The smallest absolute Gasteiger partial charge is 0.0320 e. The van der Waals surface area contributed by atoms with Crippen LogP contribution in [0.3, 0.4) is 0 Å². The summed E-state index contributed by atoms with van der Waals surface area (Å²) in [5.74, 6) is 0. The summed E-state index contributed by atoms with van der Waals surface area (Å²) in [7, 11) is 0. The first-order valence-corrected chi connectivity index (χ1v) is 5.05. The zero-order valence-electron chi connectivity index (χ0n) is 7.45. The van der Waals surface area contributed by atoms with Crippen molar-refractivity contribution in [2.24, 2.45) is 0 Å². The number of hydrogen-bond donors (Lipinski definition) is 1. The lowest BCUT2D eigenvalue weighted by Gasteiger charge is -1.98. The van der Waals surface area contributed by atoms with Crippen molar-refractivity contribution in [1.82, 2.24) is 0 Å². The highest BCUT2D eigenvalue weighted by Crippen LogP contribution is 2.26.